The van der Waals surface area contributed by atoms with E-state index in [1.807, 2.05) is 42.1 Å². The molecule has 0 amide bonds. The molecule has 1 unspecified atom stereocenters. The molecule has 0 radical (unpaired) electrons. The molecular formula is C17H19N5OS. The molecule has 1 aliphatic carbocycles. The molecule has 3 aromatic rings. The maximum Gasteiger partial charge on any atom is 0.145 e. The Morgan fingerprint density at radius 3 is 2.58 bits per heavy atom. The number of rotatable bonds is 3. The zero-order chi connectivity index (χ0) is 16.9. The maximum atomic E-state index is 13.0. The highest BCUT2D eigenvalue weighted by Crippen LogP contribution is 2.37. The molecule has 0 saturated heterocycles. The highest BCUT2D eigenvalue weighted by molar-refractivity contribution is 7.94. The summed E-state index contributed by atoms with van der Waals surface area (Å²) in [6.45, 7) is 0. The van der Waals surface area contributed by atoms with E-state index in [0.29, 0.717) is 5.82 Å². The number of benzene rings is 1. The van der Waals surface area contributed by atoms with Crippen molar-refractivity contribution in [1.29, 1.82) is 0 Å². The van der Waals surface area contributed by atoms with Gasteiger partial charge in [-0.05, 0) is 30.5 Å². The largest absolute Gasteiger partial charge is 0.383 e. The van der Waals surface area contributed by atoms with Crippen LogP contribution in [0.5, 0.6) is 0 Å². The molecule has 2 aromatic heterocycles. The predicted molar refractivity (Wildman–Crippen MR) is 96.1 cm³/mol. The molecule has 1 aromatic carbocycles. The second-order valence-corrected chi connectivity index (χ2v) is 8.73. The van der Waals surface area contributed by atoms with Crippen molar-refractivity contribution in [3.05, 3.63) is 36.8 Å². The van der Waals surface area contributed by atoms with E-state index in [0.717, 1.165) is 39.9 Å². The Morgan fingerprint density at radius 1 is 1.25 bits per heavy atom. The summed E-state index contributed by atoms with van der Waals surface area (Å²) in [4.78, 5) is 9.21. The first kappa shape index (κ1) is 15.1. The molecule has 0 aliphatic heterocycles. The first-order valence-corrected chi connectivity index (χ1v) is 9.42. The minimum absolute atomic E-state index is 0.204. The SMILES string of the molecule is CN=S(=O)(c1ccc(-c2cn(C)c3ncnc(N)c23)cc1)C1CC1. The van der Waals surface area contributed by atoms with E-state index < -0.39 is 9.73 Å². The molecule has 24 heavy (non-hydrogen) atoms. The smallest absolute Gasteiger partial charge is 0.145 e. The Balaban J connectivity index is 1.84. The van der Waals surface area contributed by atoms with Crippen LogP contribution in [0.1, 0.15) is 12.8 Å². The lowest BCUT2D eigenvalue weighted by atomic mass is 10.1. The van der Waals surface area contributed by atoms with E-state index in [1.165, 1.54) is 6.33 Å². The first-order chi connectivity index (χ1) is 11.5. The minimum atomic E-state index is -2.29. The predicted octanol–water partition coefficient (Wildman–Crippen LogP) is 2.84. The van der Waals surface area contributed by atoms with Gasteiger partial charge in [-0.15, -0.1) is 0 Å². The van der Waals surface area contributed by atoms with E-state index in [1.54, 1.807) is 7.05 Å². The van der Waals surface area contributed by atoms with Crippen LogP contribution in [-0.4, -0.2) is 31.0 Å². The van der Waals surface area contributed by atoms with Gasteiger partial charge in [0.25, 0.3) is 0 Å². The molecule has 1 saturated carbocycles. The normalized spacial score (nSPS) is 16.9. The van der Waals surface area contributed by atoms with Crippen LogP contribution in [0.4, 0.5) is 5.82 Å². The molecule has 4 rings (SSSR count). The quantitative estimate of drug-likeness (QED) is 0.793. The van der Waals surface area contributed by atoms with Gasteiger partial charge >= 0.3 is 0 Å². The Bertz CT molecular complexity index is 1040. The fraction of sp³-hybridized carbons (Fsp3) is 0.294. The third kappa shape index (κ3) is 2.19. The van der Waals surface area contributed by atoms with Crippen molar-refractivity contribution in [2.45, 2.75) is 23.0 Å². The van der Waals surface area contributed by atoms with E-state index >= 15 is 0 Å². The van der Waals surface area contributed by atoms with Crippen LogP contribution in [0.2, 0.25) is 0 Å². The molecule has 1 aliphatic rings. The molecule has 0 spiro atoms. The van der Waals surface area contributed by atoms with Gasteiger partial charge in [-0.2, -0.15) is 0 Å². The standard InChI is InChI=1S/C17H19N5OS/c1-19-24(23,13-7-8-13)12-5-3-11(4-6-12)14-9-22(2)17-15(14)16(18)20-10-21-17/h3-6,9-10,13H,7-8H2,1-2H3,(H2,18,20,21). The van der Waals surface area contributed by atoms with Crippen LogP contribution in [0.3, 0.4) is 0 Å². The van der Waals surface area contributed by atoms with Crippen LogP contribution in [0.25, 0.3) is 22.2 Å². The Hall–Kier alpha value is -2.41. The molecule has 2 heterocycles. The fourth-order valence-corrected chi connectivity index (χ4v) is 5.31. The number of hydrogen-bond donors (Lipinski definition) is 1. The molecular weight excluding hydrogens is 322 g/mol. The second-order valence-electron chi connectivity index (χ2n) is 6.09. The molecule has 124 valence electrons. The number of hydrogen-bond acceptors (Lipinski definition) is 5. The lowest BCUT2D eigenvalue weighted by molar-refractivity contribution is 0.675. The number of aromatic nitrogens is 3. The maximum absolute atomic E-state index is 13.0. The summed E-state index contributed by atoms with van der Waals surface area (Å²) in [6.07, 6.45) is 5.45. The highest BCUT2D eigenvalue weighted by Gasteiger charge is 2.34. The van der Waals surface area contributed by atoms with Gasteiger partial charge in [-0.1, -0.05) is 12.1 Å². The van der Waals surface area contributed by atoms with Gasteiger partial charge in [0, 0.05) is 36.0 Å². The first-order valence-electron chi connectivity index (χ1n) is 7.84. The average Bonchev–Trinajstić information content (AvgIpc) is 3.40. The number of nitrogens with two attached hydrogens (primary N) is 1. The zero-order valence-corrected chi connectivity index (χ0v) is 14.5. The van der Waals surface area contributed by atoms with Crippen LogP contribution in [0, 0.1) is 0 Å². The van der Waals surface area contributed by atoms with Crippen LogP contribution in [-0.2, 0) is 16.8 Å². The number of nitrogens with zero attached hydrogens (tertiary/aromatic N) is 4. The molecule has 2 N–H and O–H groups in total. The van der Waals surface area contributed by atoms with Crippen molar-refractivity contribution in [1.82, 2.24) is 14.5 Å². The monoisotopic (exact) mass is 341 g/mol. The topological polar surface area (TPSA) is 86.2 Å². The molecule has 1 fully saturated rings. The molecule has 7 heteroatoms. The average molecular weight is 341 g/mol. The van der Waals surface area contributed by atoms with Gasteiger partial charge in [0.05, 0.1) is 15.1 Å². The lowest BCUT2D eigenvalue weighted by Gasteiger charge is -2.09. The zero-order valence-electron chi connectivity index (χ0n) is 13.6. The van der Waals surface area contributed by atoms with Gasteiger partial charge in [-0.3, -0.25) is 0 Å². The van der Waals surface area contributed by atoms with Gasteiger partial charge in [0.1, 0.15) is 17.8 Å². The second kappa shape index (κ2) is 5.31. The van der Waals surface area contributed by atoms with Gasteiger partial charge < -0.3 is 10.3 Å². The van der Waals surface area contributed by atoms with E-state index in [9.17, 15) is 4.21 Å². The summed E-state index contributed by atoms with van der Waals surface area (Å²) in [6, 6.07) is 7.79. The Kier molecular flexibility index (Phi) is 3.35. The number of nitrogen functional groups attached to an aromatic ring is 1. The van der Waals surface area contributed by atoms with E-state index in [4.69, 9.17) is 5.73 Å². The van der Waals surface area contributed by atoms with Crippen molar-refractivity contribution >= 4 is 26.6 Å². The summed E-state index contributed by atoms with van der Waals surface area (Å²) >= 11 is 0. The van der Waals surface area contributed by atoms with Crippen LogP contribution < -0.4 is 5.73 Å². The van der Waals surface area contributed by atoms with Crippen LogP contribution in [0.15, 0.2) is 46.0 Å². The van der Waals surface area contributed by atoms with Crippen molar-refractivity contribution < 1.29 is 4.21 Å². The number of aryl methyl sites for hydroxylation is 1. The van der Waals surface area contributed by atoms with Gasteiger partial charge in [0.2, 0.25) is 0 Å². The van der Waals surface area contributed by atoms with Crippen molar-refractivity contribution in [2.75, 3.05) is 12.8 Å². The van der Waals surface area contributed by atoms with Gasteiger partial charge in [-0.25, -0.2) is 18.5 Å². The van der Waals surface area contributed by atoms with Crippen LogP contribution >= 0.6 is 0 Å². The van der Waals surface area contributed by atoms with E-state index in [2.05, 4.69) is 14.3 Å². The van der Waals surface area contributed by atoms with Gasteiger partial charge in [0.15, 0.2) is 0 Å². The van der Waals surface area contributed by atoms with Crippen molar-refractivity contribution in [3.63, 3.8) is 0 Å². The lowest BCUT2D eigenvalue weighted by Crippen LogP contribution is -2.06. The Morgan fingerprint density at radius 2 is 1.96 bits per heavy atom. The summed E-state index contributed by atoms with van der Waals surface area (Å²) in [5, 5.41) is 1.05. The summed E-state index contributed by atoms with van der Waals surface area (Å²) in [5.41, 5.74) is 8.82. The fourth-order valence-electron chi connectivity index (χ4n) is 3.12. The summed E-state index contributed by atoms with van der Waals surface area (Å²) in [7, 11) is 1.30. The van der Waals surface area contributed by atoms with E-state index in [-0.39, 0.29) is 5.25 Å². The molecule has 0 bridgehead atoms. The summed E-state index contributed by atoms with van der Waals surface area (Å²) in [5.74, 6) is 0.463. The number of fused-ring (bicyclic) bond motifs is 1. The summed E-state index contributed by atoms with van der Waals surface area (Å²) < 4.78 is 19.2. The van der Waals surface area contributed by atoms with Crippen molar-refractivity contribution in [2.24, 2.45) is 11.4 Å². The third-order valence-corrected chi connectivity index (χ3v) is 7.40. The minimum Gasteiger partial charge on any atom is -0.383 e. The Labute approximate surface area is 140 Å². The third-order valence-electron chi connectivity index (χ3n) is 4.53. The molecule has 1 atom stereocenters. The molecule has 6 nitrogen and oxygen atoms in total. The van der Waals surface area contributed by atoms with Crippen molar-refractivity contribution in [3.8, 4) is 11.1 Å². The highest BCUT2D eigenvalue weighted by atomic mass is 32.2. The number of anilines is 1.